The summed E-state index contributed by atoms with van der Waals surface area (Å²) in [5.74, 6) is 1.06. The fraction of sp³-hybridized carbons (Fsp3) is 0.143. The summed E-state index contributed by atoms with van der Waals surface area (Å²) < 4.78 is 71.6. The SMILES string of the molecule is COc1ccccc1S(=O)(=O)Nc1ccc(NS(=O)(=O)c2ccc3c(c2)OCCO3)cc1. The Kier molecular flexibility index (Phi) is 5.85. The van der Waals surface area contributed by atoms with Gasteiger partial charge in [-0.3, -0.25) is 9.44 Å². The predicted octanol–water partition coefficient (Wildman–Crippen LogP) is 3.07. The minimum absolute atomic E-state index is 0.00844. The van der Waals surface area contributed by atoms with Crippen molar-refractivity contribution in [2.75, 3.05) is 29.8 Å². The zero-order valence-electron chi connectivity index (χ0n) is 16.9. The number of anilines is 2. The number of sulfonamides is 2. The Morgan fingerprint density at radius 1 is 0.750 bits per heavy atom. The zero-order valence-corrected chi connectivity index (χ0v) is 18.6. The van der Waals surface area contributed by atoms with E-state index < -0.39 is 20.0 Å². The van der Waals surface area contributed by atoms with Crippen LogP contribution in [-0.4, -0.2) is 37.2 Å². The van der Waals surface area contributed by atoms with E-state index in [9.17, 15) is 16.8 Å². The minimum atomic E-state index is -3.90. The minimum Gasteiger partial charge on any atom is -0.495 e. The van der Waals surface area contributed by atoms with Gasteiger partial charge in [0.25, 0.3) is 20.0 Å². The topological polar surface area (TPSA) is 120 Å². The molecule has 0 radical (unpaired) electrons. The summed E-state index contributed by atoms with van der Waals surface area (Å²) in [6.45, 7) is 0.751. The molecule has 168 valence electrons. The molecule has 0 aliphatic carbocycles. The molecule has 0 saturated carbocycles. The van der Waals surface area contributed by atoms with Gasteiger partial charge in [-0.15, -0.1) is 0 Å². The van der Waals surface area contributed by atoms with Crippen molar-refractivity contribution in [2.24, 2.45) is 0 Å². The third-order valence-electron chi connectivity index (χ3n) is 4.57. The van der Waals surface area contributed by atoms with Gasteiger partial charge in [-0.1, -0.05) is 12.1 Å². The molecule has 0 aromatic heterocycles. The first kappa shape index (κ1) is 21.8. The Hall–Kier alpha value is -3.44. The quantitative estimate of drug-likeness (QED) is 0.538. The van der Waals surface area contributed by atoms with Crippen LogP contribution >= 0.6 is 0 Å². The highest BCUT2D eigenvalue weighted by Gasteiger charge is 2.21. The van der Waals surface area contributed by atoms with Crippen LogP contribution in [0, 0.1) is 0 Å². The summed E-state index contributed by atoms with van der Waals surface area (Å²) in [4.78, 5) is 0.00795. The molecule has 1 heterocycles. The lowest BCUT2D eigenvalue weighted by Crippen LogP contribution is -2.17. The summed E-state index contributed by atoms with van der Waals surface area (Å²) in [6, 6.07) is 16.4. The van der Waals surface area contributed by atoms with Crippen molar-refractivity contribution in [3.8, 4) is 17.2 Å². The van der Waals surface area contributed by atoms with E-state index in [-0.39, 0.29) is 26.9 Å². The first-order chi connectivity index (χ1) is 15.3. The number of para-hydroxylation sites is 1. The van der Waals surface area contributed by atoms with Gasteiger partial charge in [0.15, 0.2) is 11.5 Å². The van der Waals surface area contributed by atoms with E-state index in [1.54, 1.807) is 24.3 Å². The lowest BCUT2D eigenvalue weighted by molar-refractivity contribution is 0.171. The van der Waals surface area contributed by atoms with Crippen LogP contribution in [0.3, 0.4) is 0 Å². The standard InChI is InChI=1S/C21H20N2O7S2/c1-28-19-4-2-3-5-21(19)32(26,27)23-16-8-6-15(7-9-16)22-31(24,25)17-10-11-18-20(14-17)30-13-12-29-18/h2-11,14,22-23H,12-13H2,1H3. The van der Waals surface area contributed by atoms with Crippen LogP contribution in [0.15, 0.2) is 76.5 Å². The molecule has 3 aromatic carbocycles. The van der Waals surface area contributed by atoms with Gasteiger partial charge < -0.3 is 14.2 Å². The lowest BCUT2D eigenvalue weighted by atomic mass is 10.3. The molecule has 0 unspecified atom stereocenters. The third kappa shape index (κ3) is 4.58. The average Bonchev–Trinajstić information content (AvgIpc) is 2.79. The highest BCUT2D eigenvalue weighted by molar-refractivity contribution is 7.93. The van der Waals surface area contributed by atoms with Gasteiger partial charge >= 0.3 is 0 Å². The Balaban J connectivity index is 1.50. The van der Waals surface area contributed by atoms with Crippen LogP contribution in [0.25, 0.3) is 0 Å². The van der Waals surface area contributed by atoms with Gasteiger partial charge in [0, 0.05) is 17.4 Å². The third-order valence-corrected chi connectivity index (χ3v) is 7.37. The number of fused-ring (bicyclic) bond motifs is 1. The van der Waals surface area contributed by atoms with E-state index in [0.29, 0.717) is 24.7 Å². The van der Waals surface area contributed by atoms with Crippen LogP contribution in [0.5, 0.6) is 17.2 Å². The Bertz CT molecular complexity index is 1340. The molecule has 4 rings (SSSR count). The predicted molar refractivity (Wildman–Crippen MR) is 118 cm³/mol. The Morgan fingerprint density at radius 2 is 1.34 bits per heavy atom. The fourth-order valence-electron chi connectivity index (χ4n) is 3.06. The molecule has 1 aliphatic heterocycles. The smallest absolute Gasteiger partial charge is 0.265 e. The fourth-order valence-corrected chi connectivity index (χ4v) is 5.37. The molecule has 3 aromatic rings. The molecule has 0 spiro atoms. The molecule has 0 amide bonds. The highest BCUT2D eigenvalue weighted by atomic mass is 32.2. The van der Waals surface area contributed by atoms with E-state index in [1.807, 2.05) is 0 Å². The van der Waals surface area contributed by atoms with E-state index in [0.717, 1.165) is 0 Å². The van der Waals surface area contributed by atoms with Gasteiger partial charge in [0.2, 0.25) is 0 Å². The van der Waals surface area contributed by atoms with Crippen molar-refractivity contribution in [3.05, 3.63) is 66.7 Å². The number of methoxy groups -OCH3 is 1. The molecule has 0 bridgehead atoms. The van der Waals surface area contributed by atoms with Gasteiger partial charge in [-0.25, -0.2) is 16.8 Å². The molecule has 1 aliphatic rings. The van der Waals surface area contributed by atoms with Gasteiger partial charge in [0.05, 0.1) is 12.0 Å². The largest absolute Gasteiger partial charge is 0.495 e. The van der Waals surface area contributed by atoms with Gasteiger partial charge in [0.1, 0.15) is 23.9 Å². The lowest BCUT2D eigenvalue weighted by Gasteiger charge is -2.19. The van der Waals surface area contributed by atoms with Crippen molar-refractivity contribution in [1.29, 1.82) is 0 Å². The molecule has 9 nitrogen and oxygen atoms in total. The highest BCUT2D eigenvalue weighted by Crippen LogP contribution is 2.33. The molecular formula is C21H20N2O7S2. The second kappa shape index (κ2) is 8.60. The van der Waals surface area contributed by atoms with Crippen molar-refractivity contribution in [3.63, 3.8) is 0 Å². The summed E-state index contributed by atoms with van der Waals surface area (Å²) in [5.41, 5.74) is 0.526. The molecule has 0 saturated heterocycles. The van der Waals surface area contributed by atoms with Crippen LogP contribution in [0.4, 0.5) is 11.4 Å². The monoisotopic (exact) mass is 476 g/mol. The Labute approximate surface area is 186 Å². The second-order valence-electron chi connectivity index (χ2n) is 6.74. The summed E-state index contributed by atoms with van der Waals surface area (Å²) in [7, 11) is -6.40. The normalized spacial score (nSPS) is 13.3. The van der Waals surface area contributed by atoms with E-state index in [2.05, 4.69) is 9.44 Å². The first-order valence-corrected chi connectivity index (χ1v) is 12.4. The Morgan fingerprint density at radius 3 is 2.00 bits per heavy atom. The first-order valence-electron chi connectivity index (χ1n) is 9.47. The number of hydrogen-bond donors (Lipinski definition) is 2. The van der Waals surface area contributed by atoms with Crippen LogP contribution in [-0.2, 0) is 20.0 Å². The van der Waals surface area contributed by atoms with Crippen molar-refractivity contribution < 1.29 is 31.0 Å². The number of benzene rings is 3. The van der Waals surface area contributed by atoms with Crippen molar-refractivity contribution in [1.82, 2.24) is 0 Å². The van der Waals surface area contributed by atoms with E-state index in [1.165, 1.54) is 49.6 Å². The molecule has 0 fully saturated rings. The number of nitrogens with one attached hydrogen (secondary N) is 2. The molecular weight excluding hydrogens is 456 g/mol. The van der Waals surface area contributed by atoms with Gasteiger partial charge in [-0.05, 0) is 48.5 Å². The van der Waals surface area contributed by atoms with Crippen LogP contribution in [0.2, 0.25) is 0 Å². The number of ether oxygens (including phenoxy) is 3. The van der Waals surface area contributed by atoms with Crippen LogP contribution in [0.1, 0.15) is 0 Å². The van der Waals surface area contributed by atoms with Gasteiger partial charge in [-0.2, -0.15) is 0 Å². The maximum absolute atomic E-state index is 12.7. The number of rotatable bonds is 7. The van der Waals surface area contributed by atoms with E-state index in [4.69, 9.17) is 14.2 Å². The average molecular weight is 477 g/mol. The van der Waals surface area contributed by atoms with Crippen molar-refractivity contribution in [2.45, 2.75) is 9.79 Å². The zero-order chi connectivity index (χ0) is 22.8. The summed E-state index contributed by atoms with van der Waals surface area (Å²) >= 11 is 0. The number of hydrogen-bond acceptors (Lipinski definition) is 7. The maximum atomic E-state index is 12.7. The summed E-state index contributed by atoms with van der Waals surface area (Å²) in [6.07, 6.45) is 0. The van der Waals surface area contributed by atoms with E-state index >= 15 is 0 Å². The second-order valence-corrected chi connectivity index (χ2v) is 10.1. The molecule has 32 heavy (non-hydrogen) atoms. The summed E-state index contributed by atoms with van der Waals surface area (Å²) in [5, 5.41) is 0. The molecule has 0 atom stereocenters. The van der Waals surface area contributed by atoms with Crippen molar-refractivity contribution >= 4 is 31.4 Å². The maximum Gasteiger partial charge on any atom is 0.265 e. The van der Waals surface area contributed by atoms with Crippen LogP contribution < -0.4 is 23.7 Å². The molecule has 2 N–H and O–H groups in total. The molecule has 11 heteroatoms.